The molecule has 0 radical (unpaired) electrons. The molecule has 0 aliphatic heterocycles. The first-order valence-electron chi connectivity index (χ1n) is 7.82. The van der Waals surface area contributed by atoms with Crippen molar-refractivity contribution in [3.05, 3.63) is 53.5 Å². The number of hydrogen-bond acceptors (Lipinski definition) is 4. The molecule has 0 aliphatic carbocycles. The Morgan fingerprint density at radius 3 is 2.07 bits per heavy atom. The summed E-state index contributed by atoms with van der Waals surface area (Å²) in [5.74, 6) is -0.754. The van der Waals surface area contributed by atoms with Gasteiger partial charge in [0.2, 0.25) is 5.60 Å². The summed E-state index contributed by atoms with van der Waals surface area (Å²) < 4.78 is 84.8. The maximum Gasteiger partial charge on any atom is 0.573 e. The van der Waals surface area contributed by atoms with Crippen LogP contribution in [0.25, 0.3) is 0 Å². The summed E-state index contributed by atoms with van der Waals surface area (Å²) in [5, 5.41) is 12.8. The fourth-order valence-electron chi connectivity index (χ4n) is 2.37. The molecule has 2 rings (SSSR count). The lowest BCUT2D eigenvalue weighted by Crippen LogP contribution is -2.44. The minimum atomic E-state index is -4.93. The van der Waals surface area contributed by atoms with Crippen molar-refractivity contribution < 1.29 is 40.6 Å². The predicted molar refractivity (Wildman–Crippen MR) is 90.1 cm³/mol. The smallest absolute Gasteiger partial charge is 0.463 e. The largest absolute Gasteiger partial charge is 0.573 e. The van der Waals surface area contributed by atoms with Crippen molar-refractivity contribution >= 4 is 12.4 Å². The van der Waals surface area contributed by atoms with Gasteiger partial charge in [0.25, 0.3) is 0 Å². The van der Waals surface area contributed by atoms with Gasteiger partial charge < -0.3 is 19.6 Å². The van der Waals surface area contributed by atoms with Gasteiger partial charge in [0.1, 0.15) is 17.3 Å². The van der Waals surface area contributed by atoms with E-state index in [9.17, 15) is 31.4 Å². The van der Waals surface area contributed by atoms with E-state index in [1.165, 1.54) is 25.1 Å². The molecule has 0 spiro atoms. The van der Waals surface area contributed by atoms with Crippen LogP contribution in [0.2, 0.25) is 0 Å². The fraction of sp³-hybridized carbons (Fsp3) is 0.412. The molecule has 0 amide bonds. The van der Waals surface area contributed by atoms with E-state index in [0.717, 1.165) is 18.2 Å². The summed E-state index contributed by atoms with van der Waals surface area (Å²) in [6.07, 6.45) is -10.4. The molecule has 0 saturated carbocycles. The molecule has 0 bridgehead atoms. The molecular formula is C17H18ClF6NO3. The van der Waals surface area contributed by atoms with Crippen molar-refractivity contribution in [1.82, 2.24) is 5.32 Å². The van der Waals surface area contributed by atoms with E-state index in [1.54, 1.807) is 0 Å². The van der Waals surface area contributed by atoms with Gasteiger partial charge in [0.05, 0.1) is 0 Å². The van der Waals surface area contributed by atoms with E-state index in [1.807, 2.05) is 0 Å². The number of ether oxygens (including phenoxy) is 1. The van der Waals surface area contributed by atoms with Crippen LogP contribution in [0.3, 0.4) is 0 Å². The third-order valence-corrected chi connectivity index (χ3v) is 3.77. The fourth-order valence-corrected chi connectivity index (χ4v) is 2.37. The zero-order chi connectivity index (χ0) is 20.3. The number of rotatable bonds is 7. The molecular weight excluding hydrogens is 416 g/mol. The van der Waals surface area contributed by atoms with Crippen molar-refractivity contribution in [1.29, 1.82) is 0 Å². The van der Waals surface area contributed by atoms with E-state index in [0.29, 0.717) is 5.56 Å². The second-order valence-electron chi connectivity index (χ2n) is 5.89. The molecule has 2 N–H and O–H groups in total. The SMILES string of the molecule is Cc1ccc(C(O)(CCNCc2ccc(OC(F)(F)F)cc2)C(F)(F)F)o1.Cl. The third-order valence-electron chi connectivity index (χ3n) is 3.77. The zero-order valence-corrected chi connectivity index (χ0v) is 15.3. The Hall–Kier alpha value is -1.91. The van der Waals surface area contributed by atoms with Crippen LogP contribution in [-0.4, -0.2) is 24.2 Å². The number of aliphatic hydroxyl groups is 1. The number of aryl methyl sites for hydroxylation is 1. The Kier molecular flexibility index (Phi) is 7.81. The summed E-state index contributed by atoms with van der Waals surface area (Å²) >= 11 is 0. The predicted octanol–water partition coefficient (Wildman–Crippen LogP) is 4.84. The van der Waals surface area contributed by atoms with Crippen LogP contribution in [0, 0.1) is 6.92 Å². The Balaban J connectivity index is 0.00000392. The van der Waals surface area contributed by atoms with Crippen molar-refractivity contribution in [2.75, 3.05) is 6.54 Å². The molecule has 0 aliphatic rings. The van der Waals surface area contributed by atoms with Gasteiger partial charge >= 0.3 is 12.5 Å². The maximum atomic E-state index is 13.3. The van der Waals surface area contributed by atoms with Crippen LogP contribution in [0.15, 0.2) is 40.8 Å². The van der Waals surface area contributed by atoms with Gasteiger partial charge in [-0.3, -0.25) is 0 Å². The van der Waals surface area contributed by atoms with Gasteiger partial charge in [-0.05, 0) is 43.3 Å². The minimum Gasteiger partial charge on any atom is -0.463 e. The van der Waals surface area contributed by atoms with E-state index < -0.39 is 36.1 Å². The third kappa shape index (κ3) is 6.32. The standard InChI is InChI=1S/C17H17F6NO3.ClH/c1-11-2-7-14(26-11)15(25,16(18,19)20)8-9-24-10-12-3-5-13(6-4-12)27-17(21,22)23;/h2-7,24-25H,8-10H2,1H3;1H. The van der Waals surface area contributed by atoms with Crippen LogP contribution in [-0.2, 0) is 12.1 Å². The molecule has 1 heterocycles. The molecule has 1 atom stereocenters. The number of nitrogens with one attached hydrogen (secondary N) is 1. The van der Waals surface area contributed by atoms with E-state index in [2.05, 4.69) is 10.1 Å². The molecule has 2 aromatic rings. The average Bonchev–Trinajstić information content (AvgIpc) is 2.97. The van der Waals surface area contributed by atoms with Gasteiger partial charge in [0.15, 0.2) is 0 Å². The number of benzene rings is 1. The second-order valence-corrected chi connectivity index (χ2v) is 5.89. The molecule has 0 saturated heterocycles. The first-order valence-corrected chi connectivity index (χ1v) is 7.82. The quantitative estimate of drug-likeness (QED) is 0.485. The average molecular weight is 434 g/mol. The summed E-state index contributed by atoms with van der Waals surface area (Å²) in [6, 6.07) is 7.29. The van der Waals surface area contributed by atoms with E-state index >= 15 is 0 Å². The molecule has 1 unspecified atom stereocenters. The summed E-state index contributed by atoms with van der Waals surface area (Å²) in [4.78, 5) is 0. The van der Waals surface area contributed by atoms with Crippen molar-refractivity contribution in [3.8, 4) is 5.75 Å². The number of hydrogen-bond donors (Lipinski definition) is 2. The van der Waals surface area contributed by atoms with E-state index in [-0.39, 0.29) is 31.3 Å². The van der Waals surface area contributed by atoms with Gasteiger partial charge in [-0.1, -0.05) is 12.1 Å². The van der Waals surface area contributed by atoms with Crippen LogP contribution in [0.1, 0.15) is 23.5 Å². The minimum absolute atomic E-state index is 0. The molecule has 0 fully saturated rings. The Morgan fingerprint density at radius 2 is 1.61 bits per heavy atom. The molecule has 158 valence electrons. The van der Waals surface area contributed by atoms with Gasteiger partial charge in [-0.15, -0.1) is 25.6 Å². The molecule has 28 heavy (non-hydrogen) atoms. The van der Waals surface area contributed by atoms with Crippen molar-refractivity contribution in [2.24, 2.45) is 0 Å². The first kappa shape index (κ1) is 24.1. The van der Waals surface area contributed by atoms with Gasteiger partial charge in [0, 0.05) is 13.0 Å². The van der Waals surface area contributed by atoms with Crippen LogP contribution >= 0.6 is 12.4 Å². The van der Waals surface area contributed by atoms with Crippen LogP contribution in [0.5, 0.6) is 5.75 Å². The summed E-state index contributed by atoms with van der Waals surface area (Å²) in [7, 11) is 0. The van der Waals surface area contributed by atoms with Crippen LogP contribution < -0.4 is 10.1 Å². The highest BCUT2D eigenvalue weighted by molar-refractivity contribution is 5.85. The van der Waals surface area contributed by atoms with Crippen molar-refractivity contribution in [3.63, 3.8) is 0 Å². The highest BCUT2D eigenvalue weighted by Gasteiger charge is 2.56. The Bertz CT molecular complexity index is 745. The van der Waals surface area contributed by atoms with E-state index in [4.69, 9.17) is 4.42 Å². The second kappa shape index (κ2) is 9.06. The molecule has 1 aromatic heterocycles. The maximum absolute atomic E-state index is 13.3. The highest BCUT2D eigenvalue weighted by atomic mass is 35.5. The van der Waals surface area contributed by atoms with Gasteiger partial charge in [-0.2, -0.15) is 13.2 Å². The molecule has 1 aromatic carbocycles. The lowest BCUT2D eigenvalue weighted by atomic mass is 9.95. The van der Waals surface area contributed by atoms with Gasteiger partial charge in [-0.25, -0.2) is 0 Å². The normalized spacial score (nSPS) is 14.3. The summed E-state index contributed by atoms with van der Waals surface area (Å²) in [6.45, 7) is 1.35. The highest BCUT2D eigenvalue weighted by Crippen LogP contribution is 2.42. The Morgan fingerprint density at radius 1 is 1.00 bits per heavy atom. The molecule has 11 heteroatoms. The first-order chi connectivity index (χ1) is 12.4. The number of halogens is 7. The van der Waals surface area contributed by atoms with Crippen LogP contribution in [0.4, 0.5) is 26.3 Å². The number of furan rings is 1. The Labute approximate surface area is 162 Å². The lowest BCUT2D eigenvalue weighted by Gasteiger charge is -2.28. The zero-order valence-electron chi connectivity index (χ0n) is 14.5. The number of alkyl halides is 6. The topological polar surface area (TPSA) is 54.6 Å². The molecule has 4 nitrogen and oxygen atoms in total. The van der Waals surface area contributed by atoms with Crippen molar-refractivity contribution in [2.45, 2.75) is 38.0 Å². The lowest BCUT2D eigenvalue weighted by molar-refractivity contribution is -0.275. The summed E-state index contributed by atoms with van der Waals surface area (Å²) in [5.41, 5.74) is -2.60. The monoisotopic (exact) mass is 433 g/mol.